The molecular formula is C16H24N2O2. The second kappa shape index (κ2) is 8.35. The van der Waals surface area contributed by atoms with Crippen molar-refractivity contribution in [3.8, 4) is 0 Å². The van der Waals surface area contributed by atoms with Gasteiger partial charge in [-0.1, -0.05) is 31.9 Å². The number of nitrogens with zero attached hydrogens (tertiary/aromatic N) is 1. The molecule has 20 heavy (non-hydrogen) atoms. The molecule has 0 saturated heterocycles. The Balaban J connectivity index is 2.65. The Hall–Kier alpha value is -1.84. The van der Waals surface area contributed by atoms with Gasteiger partial charge in [0.15, 0.2) is 0 Å². The van der Waals surface area contributed by atoms with E-state index in [1.807, 2.05) is 38.1 Å². The number of likely N-dealkylation sites (N-methyl/N-ethyl adjacent to an activating group) is 1. The van der Waals surface area contributed by atoms with E-state index < -0.39 is 11.8 Å². The first-order valence-corrected chi connectivity index (χ1v) is 7.26. The lowest BCUT2D eigenvalue weighted by molar-refractivity contribution is -0.137. The summed E-state index contributed by atoms with van der Waals surface area (Å²) in [5.74, 6) is -1.01. The summed E-state index contributed by atoms with van der Waals surface area (Å²) in [4.78, 5) is 25.5. The molecule has 0 saturated carbocycles. The number of aryl methyl sites for hydroxylation is 1. The van der Waals surface area contributed by atoms with Gasteiger partial charge in [0.25, 0.3) is 0 Å². The van der Waals surface area contributed by atoms with Gasteiger partial charge in [0.05, 0.1) is 0 Å². The normalized spacial score (nSPS) is 10.2. The topological polar surface area (TPSA) is 49.4 Å². The molecule has 1 aromatic rings. The summed E-state index contributed by atoms with van der Waals surface area (Å²) >= 11 is 0. The van der Waals surface area contributed by atoms with E-state index in [0.717, 1.165) is 30.5 Å². The fourth-order valence-corrected chi connectivity index (χ4v) is 2.01. The average molecular weight is 276 g/mol. The number of rotatable bonds is 6. The predicted octanol–water partition coefficient (Wildman–Crippen LogP) is 2.65. The maximum atomic E-state index is 12.2. The van der Waals surface area contributed by atoms with Gasteiger partial charge in [-0.2, -0.15) is 0 Å². The van der Waals surface area contributed by atoms with E-state index in [1.54, 1.807) is 0 Å². The molecule has 0 fully saturated rings. The van der Waals surface area contributed by atoms with Gasteiger partial charge in [-0.3, -0.25) is 9.59 Å². The van der Waals surface area contributed by atoms with Crippen molar-refractivity contribution in [2.75, 3.05) is 18.0 Å². The number of carbonyl (C=O) groups is 2. The van der Waals surface area contributed by atoms with Gasteiger partial charge in [0, 0.05) is 18.8 Å². The van der Waals surface area contributed by atoms with Crippen molar-refractivity contribution < 1.29 is 9.59 Å². The molecule has 1 rings (SSSR count). The largest absolute Gasteiger partial charge is 0.348 e. The van der Waals surface area contributed by atoms with Crippen molar-refractivity contribution >= 4 is 17.5 Å². The number of benzene rings is 1. The lowest BCUT2D eigenvalue weighted by Gasteiger charge is -2.20. The molecule has 0 aliphatic heterocycles. The number of nitrogens with one attached hydrogen (secondary N) is 1. The highest BCUT2D eigenvalue weighted by Crippen LogP contribution is 2.15. The van der Waals surface area contributed by atoms with E-state index in [1.165, 1.54) is 4.90 Å². The minimum atomic E-state index is -0.524. The lowest BCUT2D eigenvalue weighted by atomic mass is 10.2. The summed E-state index contributed by atoms with van der Waals surface area (Å²) in [6.07, 6.45) is 3.06. The van der Waals surface area contributed by atoms with E-state index in [9.17, 15) is 9.59 Å². The Morgan fingerprint density at radius 1 is 1.20 bits per heavy atom. The molecule has 4 heteroatoms. The van der Waals surface area contributed by atoms with E-state index in [4.69, 9.17) is 0 Å². The standard InChI is InChI=1S/C16H24N2O2/c1-4-6-7-11-17-15(19)16(20)18(5-2)14-10-8-9-13(3)12-14/h8-10,12H,4-7,11H2,1-3H3,(H,17,19). The van der Waals surface area contributed by atoms with Crippen LogP contribution < -0.4 is 10.2 Å². The van der Waals surface area contributed by atoms with Gasteiger partial charge in [-0.25, -0.2) is 0 Å². The first-order chi connectivity index (χ1) is 9.60. The zero-order valence-electron chi connectivity index (χ0n) is 12.6. The molecule has 2 amide bonds. The number of carbonyl (C=O) groups excluding carboxylic acids is 2. The Labute approximate surface area is 121 Å². The van der Waals surface area contributed by atoms with Crippen LogP contribution in [0.5, 0.6) is 0 Å². The second-order valence-electron chi connectivity index (χ2n) is 4.85. The van der Waals surface area contributed by atoms with Gasteiger partial charge in [0.2, 0.25) is 0 Å². The molecule has 110 valence electrons. The zero-order valence-corrected chi connectivity index (χ0v) is 12.6. The van der Waals surface area contributed by atoms with Crippen molar-refractivity contribution in [1.82, 2.24) is 5.32 Å². The first kappa shape index (κ1) is 16.2. The lowest BCUT2D eigenvalue weighted by Crippen LogP contribution is -2.43. The molecule has 0 aliphatic rings. The van der Waals surface area contributed by atoms with Gasteiger partial charge in [-0.15, -0.1) is 0 Å². The average Bonchev–Trinajstić information content (AvgIpc) is 2.44. The SMILES string of the molecule is CCCCCNC(=O)C(=O)N(CC)c1cccc(C)c1. The van der Waals surface area contributed by atoms with Gasteiger partial charge < -0.3 is 10.2 Å². The third kappa shape index (κ3) is 4.68. The fourth-order valence-electron chi connectivity index (χ4n) is 2.01. The minimum Gasteiger partial charge on any atom is -0.348 e. The molecule has 4 nitrogen and oxygen atoms in total. The third-order valence-electron chi connectivity index (χ3n) is 3.13. The van der Waals surface area contributed by atoms with Crippen LogP contribution in [0.3, 0.4) is 0 Å². The third-order valence-corrected chi connectivity index (χ3v) is 3.13. The summed E-state index contributed by atoms with van der Waals surface area (Å²) in [7, 11) is 0. The molecule has 0 atom stereocenters. The summed E-state index contributed by atoms with van der Waals surface area (Å²) in [6, 6.07) is 7.61. The van der Waals surface area contributed by atoms with Crippen LogP contribution in [-0.2, 0) is 9.59 Å². The quantitative estimate of drug-likeness (QED) is 0.641. The number of amides is 2. The number of anilines is 1. The van der Waals surface area contributed by atoms with Crippen LogP contribution in [0.2, 0.25) is 0 Å². The van der Waals surface area contributed by atoms with Crippen LogP contribution >= 0.6 is 0 Å². The molecule has 0 radical (unpaired) electrons. The summed E-state index contributed by atoms with van der Waals surface area (Å²) in [5.41, 5.74) is 1.83. The highest BCUT2D eigenvalue weighted by molar-refractivity contribution is 6.40. The Morgan fingerprint density at radius 3 is 2.55 bits per heavy atom. The van der Waals surface area contributed by atoms with Crippen molar-refractivity contribution in [2.24, 2.45) is 0 Å². The number of unbranched alkanes of at least 4 members (excludes halogenated alkanes) is 2. The summed E-state index contributed by atoms with van der Waals surface area (Å²) < 4.78 is 0. The minimum absolute atomic E-state index is 0.477. The predicted molar refractivity (Wildman–Crippen MR) is 81.7 cm³/mol. The molecule has 0 heterocycles. The molecule has 1 aromatic carbocycles. The van der Waals surface area contributed by atoms with Gasteiger partial charge in [0.1, 0.15) is 0 Å². The number of hydrogen-bond acceptors (Lipinski definition) is 2. The van der Waals surface area contributed by atoms with E-state index in [-0.39, 0.29) is 0 Å². The second-order valence-corrected chi connectivity index (χ2v) is 4.85. The molecule has 0 aromatic heterocycles. The van der Waals surface area contributed by atoms with E-state index in [0.29, 0.717) is 13.1 Å². The van der Waals surface area contributed by atoms with Crippen LogP contribution in [0.4, 0.5) is 5.69 Å². The Morgan fingerprint density at radius 2 is 1.95 bits per heavy atom. The summed E-state index contributed by atoms with van der Waals surface area (Å²) in [6.45, 7) is 6.97. The first-order valence-electron chi connectivity index (χ1n) is 7.26. The highest BCUT2D eigenvalue weighted by Gasteiger charge is 2.21. The van der Waals surface area contributed by atoms with Crippen LogP contribution in [-0.4, -0.2) is 24.9 Å². The zero-order chi connectivity index (χ0) is 15.0. The Bertz CT molecular complexity index is 458. The van der Waals surface area contributed by atoms with E-state index >= 15 is 0 Å². The van der Waals surface area contributed by atoms with Crippen molar-refractivity contribution in [1.29, 1.82) is 0 Å². The molecule has 0 bridgehead atoms. The maximum Gasteiger partial charge on any atom is 0.316 e. The van der Waals surface area contributed by atoms with Crippen LogP contribution in [0, 0.1) is 6.92 Å². The molecule has 1 N–H and O–H groups in total. The molecular weight excluding hydrogens is 252 g/mol. The monoisotopic (exact) mass is 276 g/mol. The van der Waals surface area contributed by atoms with Gasteiger partial charge in [-0.05, 0) is 38.0 Å². The molecule has 0 spiro atoms. The fraction of sp³-hybridized carbons (Fsp3) is 0.500. The maximum absolute atomic E-state index is 12.2. The van der Waals surface area contributed by atoms with Crippen LogP contribution in [0.25, 0.3) is 0 Å². The van der Waals surface area contributed by atoms with Crippen LogP contribution in [0.15, 0.2) is 24.3 Å². The summed E-state index contributed by atoms with van der Waals surface area (Å²) in [5, 5.41) is 2.69. The highest BCUT2D eigenvalue weighted by atomic mass is 16.2. The van der Waals surface area contributed by atoms with E-state index in [2.05, 4.69) is 12.2 Å². The smallest absolute Gasteiger partial charge is 0.316 e. The molecule has 0 unspecified atom stereocenters. The van der Waals surface area contributed by atoms with Crippen molar-refractivity contribution in [2.45, 2.75) is 40.0 Å². The van der Waals surface area contributed by atoms with Crippen molar-refractivity contribution in [3.63, 3.8) is 0 Å². The Kier molecular flexibility index (Phi) is 6.77. The number of hydrogen-bond donors (Lipinski definition) is 1. The molecule has 0 aliphatic carbocycles. The van der Waals surface area contributed by atoms with Gasteiger partial charge >= 0.3 is 11.8 Å². The van der Waals surface area contributed by atoms with Crippen LogP contribution in [0.1, 0.15) is 38.7 Å². The van der Waals surface area contributed by atoms with Crippen molar-refractivity contribution in [3.05, 3.63) is 29.8 Å².